The van der Waals surface area contributed by atoms with Gasteiger partial charge in [-0.2, -0.15) is 0 Å². The molecule has 2 atom stereocenters. The second kappa shape index (κ2) is 9.53. The average Bonchev–Trinajstić information content (AvgIpc) is 2.58. The highest BCUT2D eigenvalue weighted by Crippen LogP contribution is 2.10. The molecule has 1 aromatic rings. The van der Waals surface area contributed by atoms with Crippen molar-refractivity contribution in [1.82, 2.24) is 15.5 Å². The van der Waals surface area contributed by atoms with Crippen LogP contribution in [0.3, 0.4) is 0 Å². The number of nitrogens with zero attached hydrogens (tertiary/aromatic N) is 1. The number of nitrogens with one attached hydrogen (secondary N) is 2. The molecule has 0 spiro atoms. The van der Waals surface area contributed by atoms with Gasteiger partial charge in [0.25, 0.3) is 0 Å². The number of carbonyl (C=O) groups excluding carboxylic acids is 2. The third kappa shape index (κ3) is 6.48. The lowest BCUT2D eigenvalue weighted by Gasteiger charge is -2.33. The van der Waals surface area contributed by atoms with Crippen molar-refractivity contribution in [3.63, 3.8) is 0 Å². The van der Waals surface area contributed by atoms with Gasteiger partial charge < -0.3 is 15.4 Å². The molecule has 2 unspecified atom stereocenters. The Morgan fingerprint density at radius 3 is 2.64 bits per heavy atom. The summed E-state index contributed by atoms with van der Waals surface area (Å²) < 4.78 is 5.77. The molecule has 0 saturated carbocycles. The minimum atomic E-state index is -0.512. The van der Waals surface area contributed by atoms with Gasteiger partial charge in [-0.1, -0.05) is 44.2 Å². The monoisotopic (exact) mass is 347 g/mol. The SMILES string of the molecule is CC(=O)NC(C(=O)NCC1CN(Cc2ccccc2)CCO1)C(C)C. The van der Waals surface area contributed by atoms with Crippen molar-refractivity contribution < 1.29 is 14.3 Å². The van der Waals surface area contributed by atoms with Gasteiger partial charge in [0.05, 0.1) is 12.7 Å². The molecule has 0 aliphatic carbocycles. The number of morpholine rings is 1. The van der Waals surface area contributed by atoms with E-state index in [2.05, 4.69) is 27.7 Å². The lowest BCUT2D eigenvalue weighted by molar-refractivity contribution is -0.129. The summed E-state index contributed by atoms with van der Waals surface area (Å²) in [5.74, 6) is -0.323. The van der Waals surface area contributed by atoms with Crippen LogP contribution in [0.25, 0.3) is 0 Å². The highest BCUT2D eigenvalue weighted by molar-refractivity contribution is 5.87. The van der Waals surface area contributed by atoms with E-state index >= 15 is 0 Å². The van der Waals surface area contributed by atoms with Gasteiger partial charge in [-0.05, 0) is 11.5 Å². The van der Waals surface area contributed by atoms with Crippen LogP contribution in [0.4, 0.5) is 0 Å². The molecule has 2 amide bonds. The zero-order chi connectivity index (χ0) is 18.2. The fourth-order valence-electron chi connectivity index (χ4n) is 2.97. The lowest BCUT2D eigenvalue weighted by atomic mass is 10.0. The van der Waals surface area contributed by atoms with Crippen molar-refractivity contribution in [2.45, 2.75) is 39.5 Å². The van der Waals surface area contributed by atoms with E-state index in [0.717, 1.165) is 19.6 Å². The largest absolute Gasteiger partial charge is 0.374 e. The first-order valence-electron chi connectivity index (χ1n) is 8.88. The molecule has 1 aliphatic rings. The van der Waals surface area contributed by atoms with Crippen molar-refractivity contribution in [3.8, 4) is 0 Å². The number of benzene rings is 1. The van der Waals surface area contributed by atoms with Crippen LogP contribution < -0.4 is 10.6 Å². The van der Waals surface area contributed by atoms with Crippen LogP contribution >= 0.6 is 0 Å². The molecule has 1 heterocycles. The zero-order valence-corrected chi connectivity index (χ0v) is 15.3. The smallest absolute Gasteiger partial charge is 0.242 e. The molecular formula is C19H29N3O3. The van der Waals surface area contributed by atoms with Crippen LogP contribution in [0.2, 0.25) is 0 Å². The molecule has 1 aromatic carbocycles. The standard InChI is InChI=1S/C19H29N3O3/c1-14(2)18(21-15(3)23)19(24)20-11-17-13-22(9-10-25-17)12-16-7-5-4-6-8-16/h4-8,14,17-18H,9-13H2,1-3H3,(H,20,24)(H,21,23). The fraction of sp³-hybridized carbons (Fsp3) is 0.579. The topological polar surface area (TPSA) is 70.7 Å². The summed E-state index contributed by atoms with van der Waals surface area (Å²) in [6.07, 6.45) is -0.0356. The Labute approximate surface area is 149 Å². The Morgan fingerprint density at radius 2 is 2.00 bits per heavy atom. The molecular weight excluding hydrogens is 318 g/mol. The van der Waals surface area contributed by atoms with Crippen molar-refractivity contribution in [1.29, 1.82) is 0 Å². The number of rotatable bonds is 7. The van der Waals surface area contributed by atoms with Gasteiger partial charge in [-0.25, -0.2) is 0 Å². The van der Waals surface area contributed by atoms with Gasteiger partial charge >= 0.3 is 0 Å². The lowest BCUT2D eigenvalue weighted by Crippen LogP contribution is -2.52. The van der Waals surface area contributed by atoms with Crippen LogP contribution in [0, 0.1) is 5.92 Å². The summed E-state index contributed by atoms with van der Waals surface area (Å²) >= 11 is 0. The maximum absolute atomic E-state index is 12.3. The van der Waals surface area contributed by atoms with Gasteiger partial charge in [0.1, 0.15) is 6.04 Å². The van der Waals surface area contributed by atoms with Crippen LogP contribution in [0.15, 0.2) is 30.3 Å². The third-order valence-electron chi connectivity index (χ3n) is 4.28. The summed E-state index contributed by atoms with van der Waals surface area (Å²) in [5, 5.41) is 5.62. The number of carbonyl (C=O) groups is 2. The molecule has 6 nitrogen and oxygen atoms in total. The Morgan fingerprint density at radius 1 is 1.28 bits per heavy atom. The van der Waals surface area contributed by atoms with Gasteiger partial charge in [0.2, 0.25) is 11.8 Å². The molecule has 6 heteroatoms. The minimum absolute atomic E-state index is 0.0331. The maximum Gasteiger partial charge on any atom is 0.242 e. The molecule has 0 aromatic heterocycles. The second-order valence-corrected chi connectivity index (χ2v) is 6.88. The zero-order valence-electron chi connectivity index (χ0n) is 15.3. The number of hydrogen-bond acceptors (Lipinski definition) is 4. The van der Waals surface area contributed by atoms with Gasteiger partial charge in [0.15, 0.2) is 0 Å². The van der Waals surface area contributed by atoms with E-state index in [1.54, 1.807) is 0 Å². The molecule has 1 fully saturated rings. The number of amides is 2. The fourth-order valence-corrected chi connectivity index (χ4v) is 2.97. The van der Waals surface area contributed by atoms with Crippen molar-refractivity contribution in [2.24, 2.45) is 5.92 Å². The molecule has 1 saturated heterocycles. The molecule has 0 bridgehead atoms. The summed E-state index contributed by atoms with van der Waals surface area (Å²) in [7, 11) is 0. The van der Waals surface area contributed by atoms with E-state index in [0.29, 0.717) is 13.2 Å². The molecule has 0 radical (unpaired) electrons. The molecule has 25 heavy (non-hydrogen) atoms. The van der Waals surface area contributed by atoms with E-state index in [4.69, 9.17) is 4.74 Å². The van der Waals surface area contributed by atoms with Crippen LogP contribution in [0.5, 0.6) is 0 Å². The highest BCUT2D eigenvalue weighted by Gasteiger charge is 2.25. The molecule has 138 valence electrons. The van der Waals surface area contributed by atoms with E-state index in [1.807, 2.05) is 32.0 Å². The quantitative estimate of drug-likeness (QED) is 0.777. The highest BCUT2D eigenvalue weighted by atomic mass is 16.5. The van der Waals surface area contributed by atoms with Crippen LogP contribution in [-0.4, -0.2) is 55.1 Å². The summed E-state index contributed by atoms with van der Waals surface area (Å²) in [4.78, 5) is 25.9. The van der Waals surface area contributed by atoms with E-state index < -0.39 is 6.04 Å². The number of hydrogen-bond donors (Lipinski definition) is 2. The first-order valence-corrected chi connectivity index (χ1v) is 8.88. The second-order valence-electron chi connectivity index (χ2n) is 6.88. The van der Waals surface area contributed by atoms with Crippen LogP contribution in [-0.2, 0) is 20.9 Å². The summed E-state index contributed by atoms with van der Waals surface area (Å²) in [5.41, 5.74) is 1.28. The normalized spacial score (nSPS) is 19.4. The predicted octanol–water partition coefficient (Wildman–Crippen LogP) is 1.16. The Bertz CT molecular complexity index is 562. The summed E-state index contributed by atoms with van der Waals surface area (Å²) in [6.45, 7) is 8.92. The maximum atomic E-state index is 12.3. The van der Waals surface area contributed by atoms with E-state index in [9.17, 15) is 9.59 Å². The predicted molar refractivity (Wildman–Crippen MR) is 96.9 cm³/mol. The molecule has 1 aliphatic heterocycles. The van der Waals surface area contributed by atoms with Crippen LogP contribution in [0.1, 0.15) is 26.3 Å². The van der Waals surface area contributed by atoms with Gasteiger partial charge in [-0.3, -0.25) is 14.5 Å². The van der Waals surface area contributed by atoms with Crippen molar-refractivity contribution in [3.05, 3.63) is 35.9 Å². The third-order valence-corrected chi connectivity index (χ3v) is 4.28. The van der Waals surface area contributed by atoms with Crippen molar-refractivity contribution in [2.75, 3.05) is 26.2 Å². The van der Waals surface area contributed by atoms with E-state index in [-0.39, 0.29) is 23.8 Å². The first kappa shape index (κ1) is 19.4. The Hall–Kier alpha value is -1.92. The number of ether oxygens (including phenoxy) is 1. The Balaban J connectivity index is 1.81. The Kier molecular flexibility index (Phi) is 7.40. The minimum Gasteiger partial charge on any atom is -0.374 e. The summed E-state index contributed by atoms with van der Waals surface area (Å²) in [6, 6.07) is 9.83. The van der Waals surface area contributed by atoms with E-state index in [1.165, 1.54) is 12.5 Å². The van der Waals surface area contributed by atoms with Crippen molar-refractivity contribution >= 4 is 11.8 Å². The molecule has 2 N–H and O–H groups in total. The average molecular weight is 347 g/mol. The van der Waals surface area contributed by atoms with Gasteiger partial charge in [0, 0.05) is 33.1 Å². The first-order chi connectivity index (χ1) is 12.0. The van der Waals surface area contributed by atoms with Gasteiger partial charge in [-0.15, -0.1) is 0 Å². The molecule has 2 rings (SSSR count).